The molecule has 0 aliphatic carbocycles. The van der Waals surface area contributed by atoms with Crippen LogP contribution in [0.25, 0.3) is 10.9 Å². The van der Waals surface area contributed by atoms with Gasteiger partial charge in [0.2, 0.25) is 0 Å². The number of carbonyl (C=O) groups excluding carboxylic acids is 1. The van der Waals surface area contributed by atoms with Gasteiger partial charge in [-0.3, -0.25) is 9.59 Å². The minimum Gasteiger partial charge on any atom is -0.442 e. The fourth-order valence-corrected chi connectivity index (χ4v) is 3.06. The van der Waals surface area contributed by atoms with Crippen molar-refractivity contribution in [2.75, 3.05) is 5.75 Å². The first-order chi connectivity index (χ1) is 12.1. The summed E-state index contributed by atoms with van der Waals surface area (Å²) in [6, 6.07) is 14.3. The van der Waals surface area contributed by atoms with Gasteiger partial charge in [-0.15, -0.1) is 16.9 Å². The van der Waals surface area contributed by atoms with Crippen LogP contribution in [0, 0.1) is 0 Å². The van der Waals surface area contributed by atoms with Crippen molar-refractivity contribution in [2.45, 2.75) is 18.0 Å². The maximum Gasteiger partial charge on any atom is 0.308 e. The predicted molar refractivity (Wildman–Crippen MR) is 96.7 cm³/mol. The Bertz CT molecular complexity index is 944. The molecule has 0 spiro atoms. The van der Waals surface area contributed by atoms with Gasteiger partial charge in [0, 0.05) is 15.7 Å². The van der Waals surface area contributed by atoms with E-state index in [2.05, 4.69) is 10.3 Å². The molecule has 0 aliphatic rings. The molecule has 2 aromatic carbocycles. The molecule has 8 heteroatoms. The normalized spacial score (nSPS) is 10.8. The van der Waals surface area contributed by atoms with E-state index in [1.54, 1.807) is 36.4 Å². The van der Waals surface area contributed by atoms with E-state index in [1.807, 2.05) is 12.1 Å². The summed E-state index contributed by atoms with van der Waals surface area (Å²) in [5, 5.41) is 8.82. The lowest BCUT2D eigenvalue weighted by atomic mass is 10.2. The second-order valence-corrected chi connectivity index (χ2v) is 6.71. The summed E-state index contributed by atoms with van der Waals surface area (Å²) < 4.78 is 6.14. The van der Waals surface area contributed by atoms with E-state index in [-0.39, 0.29) is 18.7 Å². The van der Waals surface area contributed by atoms with E-state index in [0.717, 1.165) is 9.58 Å². The molecule has 0 bridgehead atoms. The smallest absolute Gasteiger partial charge is 0.308 e. The number of aromatic nitrogens is 3. The van der Waals surface area contributed by atoms with Crippen LogP contribution in [0.2, 0.25) is 5.02 Å². The van der Waals surface area contributed by atoms with Crippen LogP contribution < -0.4 is 5.56 Å². The Labute approximate surface area is 152 Å². The zero-order valence-electron chi connectivity index (χ0n) is 13.1. The maximum absolute atomic E-state index is 12.2. The quantitative estimate of drug-likeness (QED) is 0.486. The fraction of sp³-hybridized carbons (Fsp3) is 0.176. The number of thioether (sulfide) groups is 1. The van der Waals surface area contributed by atoms with E-state index in [1.165, 1.54) is 11.8 Å². The molecule has 0 saturated heterocycles. The first kappa shape index (κ1) is 17.4. The van der Waals surface area contributed by atoms with Crippen LogP contribution in [-0.2, 0) is 16.3 Å². The number of halogens is 1. The zero-order chi connectivity index (χ0) is 17.6. The van der Waals surface area contributed by atoms with Crippen LogP contribution in [0.15, 0.2) is 58.2 Å². The second-order valence-electron chi connectivity index (χ2n) is 5.11. The van der Waals surface area contributed by atoms with Crippen molar-refractivity contribution in [3.05, 3.63) is 63.9 Å². The lowest BCUT2D eigenvalue weighted by Gasteiger charge is -2.06. The average Bonchev–Trinajstić information content (AvgIpc) is 2.63. The van der Waals surface area contributed by atoms with Gasteiger partial charge in [0.1, 0.15) is 5.52 Å². The number of esters is 1. The minimum atomic E-state index is -0.400. The van der Waals surface area contributed by atoms with Crippen molar-refractivity contribution in [3.8, 4) is 0 Å². The Morgan fingerprint density at radius 1 is 1.16 bits per heavy atom. The molecule has 0 saturated carbocycles. The predicted octanol–water partition coefficient (Wildman–Crippen LogP) is 3.13. The molecule has 3 rings (SSSR count). The van der Waals surface area contributed by atoms with Crippen LogP contribution in [0.1, 0.15) is 6.42 Å². The molecule has 6 nitrogen and oxygen atoms in total. The molecule has 25 heavy (non-hydrogen) atoms. The highest BCUT2D eigenvalue weighted by Gasteiger charge is 2.08. The van der Waals surface area contributed by atoms with Crippen molar-refractivity contribution in [1.82, 2.24) is 15.0 Å². The summed E-state index contributed by atoms with van der Waals surface area (Å²) in [6.07, 6.45) is 0.225. The molecule has 0 radical (unpaired) electrons. The van der Waals surface area contributed by atoms with Crippen molar-refractivity contribution >= 4 is 40.2 Å². The van der Waals surface area contributed by atoms with Crippen molar-refractivity contribution in [1.29, 1.82) is 0 Å². The van der Waals surface area contributed by atoms with Gasteiger partial charge in [-0.25, -0.2) is 0 Å². The molecule has 1 heterocycles. The largest absolute Gasteiger partial charge is 0.442 e. The third-order valence-corrected chi connectivity index (χ3v) is 4.63. The number of rotatable bonds is 6. The third-order valence-electron chi connectivity index (χ3n) is 3.37. The van der Waals surface area contributed by atoms with Crippen LogP contribution in [-0.4, -0.2) is 26.7 Å². The molecule has 0 unspecified atom stereocenters. The van der Waals surface area contributed by atoms with Gasteiger partial charge >= 0.3 is 5.97 Å². The molecule has 128 valence electrons. The lowest BCUT2D eigenvalue weighted by molar-refractivity contribution is -0.147. The molecule has 3 aromatic rings. The number of hydrogen-bond acceptors (Lipinski definition) is 6. The Hall–Kier alpha value is -2.38. The van der Waals surface area contributed by atoms with Crippen LogP contribution in [0.3, 0.4) is 0 Å². The highest BCUT2D eigenvalue weighted by Crippen LogP contribution is 2.21. The van der Waals surface area contributed by atoms with Gasteiger partial charge in [-0.2, -0.15) is 4.68 Å². The third kappa shape index (κ3) is 4.58. The van der Waals surface area contributed by atoms with Gasteiger partial charge < -0.3 is 4.74 Å². The summed E-state index contributed by atoms with van der Waals surface area (Å²) in [4.78, 5) is 25.1. The Morgan fingerprint density at radius 3 is 2.72 bits per heavy atom. The van der Waals surface area contributed by atoms with E-state index in [4.69, 9.17) is 16.3 Å². The molecule has 0 amide bonds. The van der Waals surface area contributed by atoms with Crippen molar-refractivity contribution in [2.24, 2.45) is 0 Å². The number of hydrogen-bond donors (Lipinski definition) is 0. The van der Waals surface area contributed by atoms with Gasteiger partial charge in [-0.1, -0.05) is 28.9 Å². The molecule has 0 aliphatic heterocycles. The van der Waals surface area contributed by atoms with Gasteiger partial charge in [0.15, 0.2) is 6.73 Å². The Morgan fingerprint density at radius 2 is 1.92 bits per heavy atom. The average molecular weight is 376 g/mol. The summed E-state index contributed by atoms with van der Waals surface area (Å²) >= 11 is 7.35. The first-order valence-corrected chi connectivity index (χ1v) is 8.86. The summed E-state index contributed by atoms with van der Waals surface area (Å²) in [5.74, 6) is 0.169. The first-order valence-electron chi connectivity index (χ1n) is 7.50. The number of nitrogens with zero attached hydrogens (tertiary/aromatic N) is 3. The van der Waals surface area contributed by atoms with Crippen LogP contribution in [0.5, 0.6) is 0 Å². The summed E-state index contributed by atoms with van der Waals surface area (Å²) in [7, 11) is 0. The SMILES string of the molecule is O=C(CCSc1ccc(Cl)cc1)OCn1nnc2ccccc2c1=O. The molecular formula is C17H14ClN3O3S. The fourth-order valence-electron chi connectivity index (χ4n) is 2.10. The number of benzene rings is 2. The van der Waals surface area contributed by atoms with E-state index >= 15 is 0 Å². The van der Waals surface area contributed by atoms with Gasteiger partial charge in [0.25, 0.3) is 5.56 Å². The van der Waals surface area contributed by atoms with E-state index < -0.39 is 5.97 Å². The van der Waals surface area contributed by atoms with Crippen LogP contribution in [0.4, 0.5) is 0 Å². The van der Waals surface area contributed by atoms with Crippen molar-refractivity contribution in [3.63, 3.8) is 0 Å². The monoisotopic (exact) mass is 375 g/mol. The maximum atomic E-state index is 12.2. The molecule has 1 aromatic heterocycles. The Balaban J connectivity index is 1.51. The van der Waals surface area contributed by atoms with Crippen molar-refractivity contribution < 1.29 is 9.53 Å². The van der Waals surface area contributed by atoms with Crippen LogP contribution >= 0.6 is 23.4 Å². The second kappa shape index (κ2) is 8.13. The molecular weight excluding hydrogens is 362 g/mol. The molecule has 0 atom stereocenters. The standard InChI is InChI=1S/C17H14ClN3O3S/c18-12-5-7-13(8-6-12)25-10-9-16(22)24-11-21-17(23)14-3-1-2-4-15(14)19-20-21/h1-8H,9-11H2. The highest BCUT2D eigenvalue weighted by molar-refractivity contribution is 7.99. The molecule has 0 fully saturated rings. The van der Waals surface area contributed by atoms with E-state index in [9.17, 15) is 9.59 Å². The number of carbonyl (C=O) groups is 1. The van der Waals surface area contributed by atoms with Gasteiger partial charge in [-0.05, 0) is 36.4 Å². The lowest BCUT2D eigenvalue weighted by Crippen LogP contribution is -2.26. The molecule has 0 N–H and O–H groups in total. The zero-order valence-corrected chi connectivity index (χ0v) is 14.7. The number of ether oxygens (including phenoxy) is 1. The Kier molecular flexibility index (Phi) is 5.67. The highest BCUT2D eigenvalue weighted by atomic mass is 35.5. The van der Waals surface area contributed by atoms with E-state index in [0.29, 0.717) is 21.7 Å². The minimum absolute atomic E-state index is 0.225. The summed E-state index contributed by atoms with van der Waals surface area (Å²) in [5.41, 5.74) is 0.170. The summed E-state index contributed by atoms with van der Waals surface area (Å²) in [6.45, 7) is -0.249. The topological polar surface area (TPSA) is 74.1 Å². The number of fused-ring (bicyclic) bond motifs is 1. The van der Waals surface area contributed by atoms with Gasteiger partial charge in [0.05, 0.1) is 11.8 Å².